The van der Waals surface area contributed by atoms with Crippen molar-refractivity contribution in [3.63, 3.8) is 0 Å². The maximum atomic E-state index is 13.3. The molecule has 0 fully saturated rings. The topological polar surface area (TPSA) is 39.2 Å². The number of Topliss-reactive ketones (excluding diaryl/α,β-unsaturated/α-hetero) is 1. The molecule has 0 atom stereocenters. The van der Waals surface area contributed by atoms with Crippen molar-refractivity contribution >= 4 is 5.78 Å². The molecule has 0 unspecified atom stereocenters. The molecule has 0 N–H and O–H groups in total. The number of rotatable bonds is 9. The van der Waals surface area contributed by atoms with Crippen LogP contribution in [-0.2, 0) is 24.2 Å². The molecule has 4 aromatic rings. The number of para-hydroxylation sites is 1. The number of benzene rings is 3. The Labute approximate surface area is 187 Å². The van der Waals surface area contributed by atoms with E-state index in [0.717, 1.165) is 33.6 Å². The molecular formula is C28H24FNO2. The SMILES string of the molecule is O=C(CCc1cccnc1)Cc1ccc(COc2ccccc2-c2ccc(F)cc2)cc1. The Kier molecular flexibility index (Phi) is 7.03. The number of halogens is 1. The summed E-state index contributed by atoms with van der Waals surface area (Å²) in [6.45, 7) is 0.410. The summed E-state index contributed by atoms with van der Waals surface area (Å²) >= 11 is 0. The van der Waals surface area contributed by atoms with E-state index in [1.165, 1.54) is 12.1 Å². The van der Waals surface area contributed by atoms with Crippen molar-refractivity contribution in [1.82, 2.24) is 4.98 Å². The largest absolute Gasteiger partial charge is 0.488 e. The molecule has 3 nitrogen and oxygen atoms in total. The van der Waals surface area contributed by atoms with Gasteiger partial charge in [0.1, 0.15) is 24.0 Å². The Morgan fingerprint density at radius 3 is 2.31 bits per heavy atom. The number of carbonyl (C=O) groups is 1. The quantitative estimate of drug-likeness (QED) is 0.320. The fraction of sp³-hybridized carbons (Fsp3) is 0.143. The molecule has 3 aromatic carbocycles. The molecule has 1 aromatic heterocycles. The molecule has 4 heteroatoms. The van der Waals surface area contributed by atoms with Crippen molar-refractivity contribution in [3.8, 4) is 16.9 Å². The normalized spacial score (nSPS) is 10.7. The van der Waals surface area contributed by atoms with Gasteiger partial charge in [0.2, 0.25) is 0 Å². The third kappa shape index (κ3) is 5.88. The van der Waals surface area contributed by atoms with Crippen molar-refractivity contribution in [2.75, 3.05) is 0 Å². The average Bonchev–Trinajstić information content (AvgIpc) is 2.84. The number of nitrogens with zero attached hydrogens (tertiary/aromatic N) is 1. The maximum absolute atomic E-state index is 13.3. The first-order valence-electron chi connectivity index (χ1n) is 10.6. The van der Waals surface area contributed by atoms with E-state index >= 15 is 0 Å². The smallest absolute Gasteiger partial charge is 0.137 e. The minimum absolute atomic E-state index is 0.214. The fourth-order valence-electron chi connectivity index (χ4n) is 3.52. The fourth-order valence-corrected chi connectivity index (χ4v) is 3.52. The van der Waals surface area contributed by atoms with Gasteiger partial charge in [-0.3, -0.25) is 9.78 Å². The van der Waals surface area contributed by atoms with Crippen LogP contribution in [0.3, 0.4) is 0 Å². The van der Waals surface area contributed by atoms with Gasteiger partial charge >= 0.3 is 0 Å². The molecule has 0 saturated carbocycles. The molecule has 1 heterocycles. The second kappa shape index (κ2) is 10.5. The van der Waals surface area contributed by atoms with Crippen LogP contribution >= 0.6 is 0 Å². The van der Waals surface area contributed by atoms with E-state index in [0.29, 0.717) is 25.9 Å². The van der Waals surface area contributed by atoms with Crippen LogP contribution in [0.1, 0.15) is 23.1 Å². The van der Waals surface area contributed by atoms with E-state index < -0.39 is 0 Å². The second-order valence-electron chi connectivity index (χ2n) is 7.68. The third-order valence-corrected chi connectivity index (χ3v) is 5.28. The highest BCUT2D eigenvalue weighted by molar-refractivity contribution is 5.81. The highest BCUT2D eigenvalue weighted by Gasteiger charge is 2.08. The van der Waals surface area contributed by atoms with E-state index in [9.17, 15) is 9.18 Å². The standard InChI is InChI=1S/C28H24FNO2/c29-25-14-12-24(13-15-25)27-5-1-2-6-28(27)32-20-23-9-7-21(8-10-23)18-26(31)16-11-22-4-3-17-30-19-22/h1-10,12-15,17,19H,11,16,18,20H2. The molecule has 160 valence electrons. The van der Waals surface area contributed by atoms with E-state index in [1.54, 1.807) is 24.5 Å². The van der Waals surface area contributed by atoms with Crippen LogP contribution in [0.4, 0.5) is 4.39 Å². The maximum Gasteiger partial charge on any atom is 0.137 e. The van der Waals surface area contributed by atoms with E-state index in [2.05, 4.69) is 4.98 Å². The summed E-state index contributed by atoms with van der Waals surface area (Å²) in [6, 6.07) is 25.9. The number of aryl methyl sites for hydroxylation is 1. The lowest BCUT2D eigenvalue weighted by atomic mass is 10.0. The van der Waals surface area contributed by atoms with E-state index in [1.807, 2.05) is 60.7 Å². The summed E-state index contributed by atoms with van der Waals surface area (Å²) < 4.78 is 19.3. The summed E-state index contributed by atoms with van der Waals surface area (Å²) in [5, 5.41) is 0. The molecule has 32 heavy (non-hydrogen) atoms. The van der Waals surface area contributed by atoms with Crippen molar-refractivity contribution in [3.05, 3.63) is 120 Å². The molecule has 0 bridgehead atoms. The predicted molar refractivity (Wildman–Crippen MR) is 124 cm³/mol. The van der Waals surface area contributed by atoms with Crippen LogP contribution in [0.5, 0.6) is 5.75 Å². The Hall–Kier alpha value is -3.79. The van der Waals surface area contributed by atoms with Gasteiger partial charge in [0.05, 0.1) is 0 Å². The van der Waals surface area contributed by atoms with Gasteiger partial charge in [-0.1, -0.05) is 60.7 Å². The Morgan fingerprint density at radius 1 is 0.812 bits per heavy atom. The molecule has 0 saturated heterocycles. The molecule has 4 rings (SSSR count). The van der Waals surface area contributed by atoms with Crippen molar-refractivity contribution in [2.45, 2.75) is 25.9 Å². The minimum Gasteiger partial charge on any atom is -0.488 e. The summed E-state index contributed by atoms with van der Waals surface area (Å²) in [6.07, 6.45) is 5.19. The van der Waals surface area contributed by atoms with Crippen molar-refractivity contribution in [2.24, 2.45) is 0 Å². The third-order valence-electron chi connectivity index (χ3n) is 5.28. The van der Waals surface area contributed by atoms with Gasteiger partial charge in [0.25, 0.3) is 0 Å². The summed E-state index contributed by atoms with van der Waals surface area (Å²) in [4.78, 5) is 16.4. The number of hydrogen-bond donors (Lipinski definition) is 0. The minimum atomic E-state index is -0.261. The van der Waals surface area contributed by atoms with Gasteiger partial charge in [-0.2, -0.15) is 0 Å². The summed E-state index contributed by atoms with van der Waals surface area (Å²) in [5.74, 6) is 0.697. The number of carbonyl (C=O) groups excluding carboxylic acids is 1. The van der Waals surface area contributed by atoms with Crippen molar-refractivity contribution in [1.29, 1.82) is 0 Å². The Bertz CT molecular complexity index is 1160. The lowest BCUT2D eigenvalue weighted by Gasteiger charge is -2.12. The first-order valence-corrected chi connectivity index (χ1v) is 10.6. The van der Waals surface area contributed by atoms with Crippen LogP contribution in [0.15, 0.2) is 97.3 Å². The zero-order chi connectivity index (χ0) is 22.2. The number of ether oxygens (including phenoxy) is 1. The average molecular weight is 426 g/mol. The van der Waals surface area contributed by atoms with Crippen LogP contribution in [-0.4, -0.2) is 10.8 Å². The molecule has 0 amide bonds. The molecule has 0 aliphatic heterocycles. The van der Waals surface area contributed by atoms with Gasteiger partial charge in [0, 0.05) is 30.8 Å². The van der Waals surface area contributed by atoms with Crippen LogP contribution in [0.2, 0.25) is 0 Å². The highest BCUT2D eigenvalue weighted by Crippen LogP contribution is 2.30. The van der Waals surface area contributed by atoms with Crippen molar-refractivity contribution < 1.29 is 13.9 Å². The summed E-state index contributed by atoms with van der Waals surface area (Å²) in [5.41, 5.74) is 4.92. The Balaban J connectivity index is 1.33. The number of hydrogen-bond acceptors (Lipinski definition) is 3. The van der Waals surface area contributed by atoms with Crippen LogP contribution in [0.25, 0.3) is 11.1 Å². The molecule has 0 aliphatic carbocycles. The lowest BCUT2D eigenvalue weighted by Crippen LogP contribution is -2.05. The predicted octanol–water partition coefficient (Wildman–Crippen LogP) is 6.21. The van der Waals surface area contributed by atoms with Crippen LogP contribution < -0.4 is 4.74 Å². The van der Waals surface area contributed by atoms with E-state index in [4.69, 9.17) is 4.74 Å². The molecular weight excluding hydrogens is 401 g/mol. The molecule has 0 radical (unpaired) electrons. The van der Waals surface area contributed by atoms with Gasteiger partial charge in [-0.25, -0.2) is 4.39 Å². The zero-order valence-electron chi connectivity index (χ0n) is 17.7. The van der Waals surface area contributed by atoms with Crippen LogP contribution in [0, 0.1) is 5.82 Å². The molecule has 0 spiro atoms. The molecule has 0 aliphatic rings. The highest BCUT2D eigenvalue weighted by atomic mass is 19.1. The monoisotopic (exact) mass is 425 g/mol. The van der Waals surface area contributed by atoms with Gasteiger partial charge in [-0.05, 0) is 52.9 Å². The van der Waals surface area contributed by atoms with Gasteiger partial charge < -0.3 is 4.74 Å². The first kappa shape index (κ1) is 21.4. The zero-order valence-corrected chi connectivity index (χ0v) is 17.7. The number of ketones is 1. The number of aromatic nitrogens is 1. The summed E-state index contributed by atoms with van der Waals surface area (Å²) in [7, 11) is 0. The Morgan fingerprint density at radius 2 is 1.56 bits per heavy atom. The van der Waals surface area contributed by atoms with Gasteiger partial charge in [-0.15, -0.1) is 0 Å². The second-order valence-corrected chi connectivity index (χ2v) is 7.68. The van der Waals surface area contributed by atoms with E-state index in [-0.39, 0.29) is 11.6 Å². The lowest BCUT2D eigenvalue weighted by molar-refractivity contribution is -0.118. The number of pyridine rings is 1. The van der Waals surface area contributed by atoms with Gasteiger partial charge in [0.15, 0.2) is 0 Å². The first-order chi connectivity index (χ1) is 15.7.